The van der Waals surface area contributed by atoms with Gasteiger partial charge in [-0.05, 0) is 30.3 Å². The highest BCUT2D eigenvalue weighted by molar-refractivity contribution is 6.45. The Kier molecular flexibility index (Phi) is 2.62. The minimum absolute atomic E-state index is 0.0436. The molecular formula is C12H8ClN3O3. The monoisotopic (exact) mass is 277 g/mol. The molecule has 0 bridgehead atoms. The highest BCUT2D eigenvalue weighted by Crippen LogP contribution is 2.27. The van der Waals surface area contributed by atoms with Crippen molar-refractivity contribution in [1.29, 1.82) is 0 Å². The molecular weight excluding hydrogens is 270 g/mol. The molecule has 0 spiro atoms. The number of allylic oxidation sites excluding steroid dienone is 1. The maximum absolute atomic E-state index is 12.3. The van der Waals surface area contributed by atoms with Crippen LogP contribution in [0.25, 0.3) is 0 Å². The lowest BCUT2D eigenvalue weighted by molar-refractivity contribution is -0.235. The third-order valence-corrected chi connectivity index (χ3v) is 2.92. The van der Waals surface area contributed by atoms with E-state index >= 15 is 0 Å². The van der Waals surface area contributed by atoms with E-state index in [4.69, 9.17) is 16.4 Å². The Hall–Kier alpha value is -2.18. The summed E-state index contributed by atoms with van der Waals surface area (Å²) in [6.45, 7) is 0. The van der Waals surface area contributed by atoms with Crippen LogP contribution >= 0.6 is 11.6 Å². The van der Waals surface area contributed by atoms with Crippen LogP contribution < -0.4 is 0 Å². The second kappa shape index (κ2) is 4.18. The summed E-state index contributed by atoms with van der Waals surface area (Å²) in [5.41, 5.74) is 0.388. The molecule has 0 radical (unpaired) electrons. The smallest absolute Gasteiger partial charge is 0.317 e. The normalized spacial score (nSPS) is 23.9. The zero-order chi connectivity index (χ0) is 13.5. The first-order valence-electron chi connectivity index (χ1n) is 5.40. The molecule has 0 fully saturated rings. The largest absolute Gasteiger partial charge is 0.429 e. The van der Waals surface area contributed by atoms with Gasteiger partial charge in [-0.15, -0.1) is 0 Å². The van der Waals surface area contributed by atoms with Gasteiger partial charge in [-0.2, -0.15) is 4.99 Å². The second-order valence-corrected chi connectivity index (χ2v) is 4.34. The van der Waals surface area contributed by atoms with Crippen molar-refractivity contribution in [2.24, 2.45) is 10.1 Å². The average molecular weight is 278 g/mol. The molecule has 2 heterocycles. The van der Waals surface area contributed by atoms with Gasteiger partial charge in [-0.3, -0.25) is 4.79 Å². The number of benzene rings is 1. The SMILES string of the molecule is O=C(C1=NOC2(O)N=CC=CN12)c1ccc(Cl)cc1. The molecule has 96 valence electrons. The van der Waals surface area contributed by atoms with E-state index < -0.39 is 11.8 Å². The van der Waals surface area contributed by atoms with Crippen LogP contribution in [-0.2, 0) is 4.84 Å². The first kappa shape index (κ1) is 11.9. The van der Waals surface area contributed by atoms with E-state index in [0.29, 0.717) is 10.6 Å². The Bertz CT molecular complexity index is 624. The van der Waals surface area contributed by atoms with Crippen molar-refractivity contribution >= 4 is 29.4 Å². The lowest BCUT2D eigenvalue weighted by Gasteiger charge is -2.26. The van der Waals surface area contributed by atoms with Crippen LogP contribution in [-0.4, -0.2) is 33.9 Å². The van der Waals surface area contributed by atoms with E-state index in [9.17, 15) is 9.90 Å². The quantitative estimate of drug-likeness (QED) is 0.829. The topological polar surface area (TPSA) is 74.5 Å². The molecule has 0 amide bonds. The van der Waals surface area contributed by atoms with Crippen molar-refractivity contribution in [3.05, 3.63) is 47.1 Å². The number of aliphatic imine (C=N–C) groups is 1. The third-order valence-electron chi connectivity index (χ3n) is 2.67. The van der Waals surface area contributed by atoms with E-state index in [1.165, 1.54) is 12.4 Å². The summed E-state index contributed by atoms with van der Waals surface area (Å²) < 4.78 is 0. The maximum atomic E-state index is 12.3. The van der Waals surface area contributed by atoms with Gasteiger partial charge in [-0.1, -0.05) is 16.8 Å². The Morgan fingerprint density at radius 2 is 2.11 bits per heavy atom. The fourth-order valence-corrected chi connectivity index (χ4v) is 1.86. The molecule has 19 heavy (non-hydrogen) atoms. The molecule has 1 aromatic rings. The molecule has 2 aliphatic rings. The van der Waals surface area contributed by atoms with Crippen molar-refractivity contribution in [3.63, 3.8) is 0 Å². The number of ketones is 1. The van der Waals surface area contributed by atoms with Crippen molar-refractivity contribution in [2.45, 2.75) is 6.03 Å². The van der Waals surface area contributed by atoms with E-state index in [2.05, 4.69) is 10.1 Å². The molecule has 1 N–H and O–H groups in total. The fourth-order valence-electron chi connectivity index (χ4n) is 1.73. The number of carbonyl (C=O) groups is 1. The summed E-state index contributed by atoms with van der Waals surface area (Å²) in [6, 6.07) is 4.37. The first-order chi connectivity index (χ1) is 9.10. The lowest BCUT2D eigenvalue weighted by Crippen LogP contribution is -2.47. The molecule has 1 atom stereocenters. The predicted octanol–water partition coefficient (Wildman–Crippen LogP) is 1.37. The first-order valence-corrected chi connectivity index (χ1v) is 5.78. The summed E-state index contributed by atoms with van der Waals surface area (Å²) in [5.74, 6) is -0.438. The van der Waals surface area contributed by atoms with Gasteiger partial charge in [-0.25, -0.2) is 4.90 Å². The Morgan fingerprint density at radius 3 is 2.84 bits per heavy atom. The number of fused-ring (bicyclic) bond motifs is 1. The Morgan fingerprint density at radius 1 is 1.37 bits per heavy atom. The number of nitrogens with zero attached hydrogens (tertiary/aromatic N) is 3. The molecule has 0 aliphatic carbocycles. The molecule has 3 rings (SSSR count). The number of hydrogen-bond acceptors (Lipinski definition) is 6. The van der Waals surface area contributed by atoms with Crippen molar-refractivity contribution in [3.8, 4) is 0 Å². The summed E-state index contributed by atoms with van der Waals surface area (Å²) in [7, 11) is 0. The number of halogens is 1. The molecule has 6 nitrogen and oxygen atoms in total. The number of rotatable bonds is 2. The minimum Gasteiger partial charge on any atom is -0.317 e. The van der Waals surface area contributed by atoms with Crippen molar-refractivity contribution in [1.82, 2.24) is 4.90 Å². The van der Waals surface area contributed by atoms with E-state index in [1.807, 2.05) is 0 Å². The van der Waals surface area contributed by atoms with Crippen LogP contribution in [0.2, 0.25) is 5.02 Å². The summed E-state index contributed by atoms with van der Waals surface area (Å²) in [5, 5.41) is 14.1. The van der Waals surface area contributed by atoms with Crippen LogP contribution in [0.1, 0.15) is 10.4 Å². The van der Waals surface area contributed by atoms with Gasteiger partial charge in [0, 0.05) is 23.0 Å². The number of oxime groups is 1. The number of hydrogen-bond donors (Lipinski definition) is 1. The maximum Gasteiger partial charge on any atom is 0.429 e. The van der Waals surface area contributed by atoms with Crippen LogP contribution in [0.3, 0.4) is 0 Å². The van der Waals surface area contributed by atoms with E-state index in [0.717, 1.165) is 4.90 Å². The third kappa shape index (κ3) is 1.91. The summed E-state index contributed by atoms with van der Waals surface area (Å²) >= 11 is 5.76. The van der Waals surface area contributed by atoms with Gasteiger partial charge in [0.05, 0.1) is 0 Å². The average Bonchev–Trinajstić information content (AvgIpc) is 2.76. The van der Waals surface area contributed by atoms with Gasteiger partial charge in [0.2, 0.25) is 11.6 Å². The Balaban J connectivity index is 1.91. The van der Waals surface area contributed by atoms with Crippen molar-refractivity contribution in [2.75, 3.05) is 0 Å². The van der Waals surface area contributed by atoms with Gasteiger partial charge in [0.25, 0.3) is 0 Å². The van der Waals surface area contributed by atoms with Gasteiger partial charge < -0.3 is 9.94 Å². The standard InChI is InChI=1S/C12H8ClN3O3/c13-9-4-2-8(3-5-9)10(17)11-15-19-12(18)14-6-1-7-16(11)12/h1-7,18H. The van der Waals surface area contributed by atoms with E-state index in [-0.39, 0.29) is 5.84 Å². The molecule has 0 saturated heterocycles. The van der Waals surface area contributed by atoms with Crippen LogP contribution in [0, 0.1) is 0 Å². The van der Waals surface area contributed by atoms with Crippen LogP contribution in [0.15, 0.2) is 46.7 Å². The summed E-state index contributed by atoms with van der Waals surface area (Å²) in [6.07, 6.45) is 4.39. The number of aliphatic hydroxyl groups is 1. The van der Waals surface area contributed by atoms with E-state index in [1.54, 1.807) is 30.3 Å². The highest BCUT2D eigenvalue weighted by atomic mass is 35.5. The number of amidine groups is 1. The molecule has 1 aromatic carbocycles. The number of Topliss-reactive ketones (excluding diaryl/α,β-unsaturated/α-hetero) is 1. The number of carbonyl (C=O) groups excluding carboxylic acids is 1. The zero-order valence-corrected chi connectivity index (χ0v) is 10.3. The molecule has 0 saturated carbocycles. The second-order valence-electron chi connectivity index (χ2n) is 3.91. The predicted molar refractivity (Wildman–Crippen MR) is 68.7 cm³/mol. The fraction of sp³-hybridized carbons (Fsp3) is 0.0833. The molecule has 0 aromatic heterocycles. The van der Waals surface area contributed by atoms with Gasteiger partial charge in [0.15, 0.2) is 0 Å². The van der Waals surface area contributed by atoms with Gasteiger partial charge >= 0.3 is 6.03 Å². The van der Waals surface area contributed by atoms with Crippen LogP contribution in [0.4, 0.5) is 0 Å². The molecule has 2 aliphatic heterocycles. The van der Waals surface area contributed by atoms with Crippen LogP contribution in [0.5, 0.6) is 0 Å². The minimum atomic E-state index is -1.97. The Labute approximate surface area is 113 Å². The molecule has 1 unspecified atom stereocenters. The highest BCUT2D eigenvalue weighted by Gasteiger charge is 2.47. The zero-order valence-electron chi connectivity index (χ0n) is 9.52. The lowest BCUT2D eigenvalue weighted by atomic mass is 10.1. The van der Waals surface area contributed by atoms with Crippen molar-refractivity contribution < 1.29 is 14.7 Å². The summed E-state index contributed by atoms with van der Waals surface area (Å²) in [4.78, 5) is 21.9. The molecule has 7 heteroatoms. The van der Waals surface area contributed by atoms with Gasteiger partial charge in [0.1, 0.15) is 0 Å².